The van der Waals surface area contributed by atoms with Gasteiger partial charge in [-0.1, -0.05) is 0 Å². The number of carboxylic acids is 1. The number of hydrogen-bond donors (Lipinski definition) is 1. The van der Waals surface area contributed by atoms with E-state index in [1.54, 1.807) is 12.0 Å². The summed E-state index contributed by atoms with van der Waals surface area (Å²) in [5.41, 5.74) is 0.360. The number of methoxy groups -OCH3 is 1. The minimum Gasteiger partial charge on any atom is -0.478 e. The first kappa shape index (κ1) is 13.5. The number of carboxylic acid groups (broad SMARTS) is 1. The van der Waals surface area contributed by atoms with Gasteiger partial charge in [-0.25, -0.2) is 4.79 Å². The Morgan fingerprint density at radius 1 is 1.53 bits per heavy atom. The van der Waals surface area contributed by atoms with Crippen molar-refractivity contribution in [3.05, 3.63) is 29.6 Å². The van der Waals surface area contributed by atoms with E-state index in [2.05, 4.69) is 4.98 Å². The van der Waals surface area contributed by atoms with Crippen molar-refractivity contribution in [1.29, 1.82) is 0 Å². The molecule has 102 valence electrons. The number of likely N-dealkylation sites (tertiary alicyclic amines) is 1. The molecule has 1 unspecified atom stereocenters. The molecule has 6 heteroatoms. The number of amides is 1. The van der Waals surface area contributed by atoms with Crippen molar-refractivity contribution >= 4 is 11.9 Å². The first-order valence-corrected chi connectivity index (χ1v) is 6.09. The molecule has 1 amide bonds. The average molecular weight is 264 g/mol. The Balaban J connectivity index is 2.02. The van der Waals surface area contributed by atoms with Crippen molar-refractivity contribution < 1.29 is 19.4 Å². The third-order valence-electron chi connectivity index (χ3n) is 3.20. The van der Waals surface area contributed by atoms with Gasteiger partial charge in [0.25, 0.3) is 5.91 Å². The molecular weight excluding hydrogens is 248 g/mol. The minimum atomic E-state index is -1.05. The molecule has 0 saturated carbocycles. The second kappa shape index (κ2) is 5.79. The summed E-state index contributed by atoms with van der Waals surface area (Å²) in [5, 5.41) is 8.77. The number of nitrogens with zero attached hydrogens (tertiary/aromatic N) is 2. The largest absolute Gasteiger partial charge is 0.478 e. The standard InChI is InChI=1S/C13H16N2O4/c1-19-8-9-4-5-15(7-9)12(16)11-3-2-10(6-14-11)13(17)18/h2-3,6,9H,4-5,7-8H2,1H3,(H,17,18). The van der Waals surface area contributed by atoms with Gasteiger partial charge >= 0.3 is 5.97 Å². The lowest BCUT2D eigenvalue weighted by Crippen LogP contribution is -2.30. The van der Waals surface area contributed by atoms with Gasteiger partial charge in [0.05, 0.1) is 12.2 Å². The topological polar surface area (TPSA) is 79.7 Å². The molecule has 0 aliphatic carbocycles. The highest BCUT2D eigenvalue weighted by Gasteiger charge is 2.27. The number of hydrogen-bond acceptors (Lipinski definition) is 4. The maximum atomic E-state index is 12.2. The van der Waals surface area contributed by atoms with Gasteiger partial charge in [0.2, 0.25) is 0 Å². The lowest BCUT2D eigenvalue weighted by Gasteiger charge is -2.15. The minimum absolute atomic E-state index is 0.0789. The van der Waals surface area contributed by atoms with E-state index < -0.39 is 5.97 Å². The smallest absolute Gasteiger partial charge is 0.337 e. The summed E-state index contributed by atoms with van der Waals surface area (Å²) in [6.45, 7) is 2.00. The summed E-state index contributed by atoms with van der Waals surface area (Å²) in [7, 11) is 1.65. The van der Waals surface area contributed by atoms with Crippen LogP contribution in [0, 0.1) is 5.92 Å². The van der Waals surface area contributed by atoms with Crippen LogP contribution in [-0.2, 0) is 4.74 Å². The quantitative estimate of drug-likeness (QED) is 0.873. The molecule has 19 heavy (non-hydrogen) atoms. The number of rotatable bonds is 4. The van der Waals surface area contributed by atoms with Crippen LogP contribution < -0.4 is 0 Å². The zero-order valence-electron chi connectivity index (χ0n) is 10.7. The second-order valence-corrected chi connectivity index (χ2v) is 4.60. The van der Waals surface area contributed by atoms with Crippen molar-refractivity contribution in [2.24, 2.45) is 5.92 Å². The van der Waals surface area contributed by atoms with Gasteiger partial charge in [-0.15, -0.1) is 0 Å². The highest BCUT2D eigenvalue weighted by atomic mass is 16.5. The Morgan fingerprint density at radius 3 is 2.89 bits per heavy atom. The zero-order valence-corrected chi connectivity index (χ0v) is 10.7. The van der Waals surface area contributed by atoms with E-state index in [-0.39, 0.29) is 17.2 Å². The van der Waals surface area contributed by atoms with E-state index >= 15 is 0 Å². The molecular formula is C13H16N2O4. The normalized spacial score (nSPS) is 18.6. The van der Waals surface area contributed by atoms with Crippen molar-refractivity contribution in [2.45, 2.75) is 6.42 Å². The van der Waals surface area contributed by atoms with Crippen LogP contribution in [-0.4, -0.2) is 53.7 Å². The molecule has 0 radical (unpaired) electrons. The van der Waals surface area contributed by atoms with Crippen LogP contribution in [0.4, 0.5) is 0 Å². The lowest BCUT2D eigenvalue weighted by molar-refractivity contribution is 0.0693. The molecule has 0 aromatic carbocycles. The number of pyridine rings is 1. The van der Waals surface area contributed by atoms with Crippen LogP contribution >= 0.6 is 0 Å². The van der Waals surface area contributed by atoms with Crippen LogP contribution in [0.5, 0.6) is 0 Å². The van der Waals surface area contributed by atoms with Crippen LogP contribution in [0.25, 0.3) is 0 Å². The Hall–Kier alpha value is -1.95. The molecule has 1 aliphatic rings. The number of aromatic nitrogens is 1. The van der Waals surface area contributed by atoms with Crippen LogP contribution in [0.15, 0.2) is 18.3 Å². The summed E-state index contributed by atoms with van der Waals surface area (Å²) in [6.07, 6.45) is 2.13. The highest BCUT2D eigenvalue weighted by Crippen LogP contribution is 2.18. The molecule has 1 aromatic heterocycles. The number of aromatic carboxylic acids is 1. The molecule has 1 atom stereocenters. The molecule has 1 aliphatic heterocycles. The second-order valence-electron chi connectivity index (χ2n) is 4.60. The molecule has 0 spiro atoms. The molecule has 1 N–H and O–H groups in total. The molecule has 1 fully saturated rings. The van der Waals surface area contributed by atoms with Gasteiger partial charge in [0.1, 0.15) is 5.69 Å². The van der Waals surface area contributed by atoms with Gasteiger partial charge in [-0.05, 0) is 18.6 Å². The Morgan fingerprint density at radius 2 is 2.32 bits per heavy atom. The third kappa shape index (κ3) is 3.08. The fourth-order valence-corrected chi connectivity index (χ4v) is 2.20. The number of carbonyl (C=O) groups excluding carboxylic acids is 1. The zero-order chi connectivity index (χ0) is 13.8. The molecule has 1 saturated heterocycles. The summed E-state index contributed by atoms with van der Waals surface area (Å²) in [4.78, 5) is 28.5. The fraction of sp³-hybridized carbons (Fsp3) is 0.462. The predicted octanol–water partition coefficient (Wildman–Crippen LogP) is 0.888. The summed E-state index contributed by atoms with van der Waals surface area (Å²) < 4.78 is 5.08. The van der Waals surface area contributed by atoms with Crippen LogP contribution in [0.3, 0.4) is 0 Å². The third-order valence-corrected chi connectivity index (χ3v) is 3.20. The van der Waals surface area contributed by atoms with Crippen molar-refractivity contribution in [1.82, 2.24) is 9.88 Å². The van der Waals surface area contributed by atoms with Gasteiger partial charge < -0.3 is 14.7 Å². The van der Waals surface area contributed by atoms with E-state index in [0.29, 0.717) is 25.6 Å². The van der Waals surface area contributed by atoms with E-state index in [1.807, 2.05) is 0 Å². The number of ether oxygens (including phenoxy) is 1. The van der Waals surface area contributed by atoms with E-state index in [1.165, 1.54) is 18.3 Å². The first-order chi connectivity index (χ1) is 9.11. The molecule has 2 heterocycles. The van der Waals surface area contributed by atoms with Crippen LogP contribution in [0.1, 0.15) is 27.3 Å². The SMILES string of the molecule is COCC1CCN(C(=O)c2ccc(C(=O)O)cn2)C1. The number of carbonyl (C=O) groups is 2. The van der Waals surface area contributed by atoms with E-state index in [0.717, 1.165) is 6.42 Å². The monoisotopic (exact) mass is 264 g/mol. The maximum Gasteiger partial charge on any atom is 0.337 e. The Kier molecular flexibility index (Phi) is 4.11. The van der Waals surface area contributed by atoms with Gasteiger partial charge in [0.15, 0.2) is 0 Å². The Bertz CT molecular complexity index is 472. The van der Waals surface area contributed by atoms with Crippen molar-refractivity contribution in [2.75, 3.05) is 26.8 Å². The maximum absolute atomic E-state index is 12.2. The molecule has 0 bridgehead atoms. The van der Waals surface area contributed by atoms with Crippen molar-refractivity contribution in [3.8, 4) is 0 Å². The van der Waals surface area contributed by atoms with E-state index in [4.69, 9.17) is 9.84 Å². The molecule has 6 nitrogen and oxygen atoms in total. The molecule has 1 aromatic rings. The van der Waals surface area contributed by atoms with Crippen LogP contribution in [0.2, 0.25) is 0 Å². The van der Waals surface area contributed by atoms with Gasteiger partial charge in [-0.3, -0.25) is 9.78 Å². The van der Waals surface area contributed by atoms with E-state index in [9.17, 15) is 9.59 Å². The first-order valence-electron chi connectivity index (χ1n) is 6.09. The van der Waals surface area contributed by atoms with Gasteiger partial charge in [0, 0.05) is 32.3 Å². The van der Waals surface area contributed by atoms with Crippen molar-refractivity contribution in [3.63, 3.8) is 0 Å². The predicted molar refractivity (Wildman–Crippen MR) is 67.1 cm³/mol. The molecule has 2 rings (SSSR count). The highest BCUT2D eigenvalue weighted by molar-refractivity contribution is 5.93. The summed E-state index contributed by atoms with van der Waals surface area (Å²) >= 11 is 0. The average Bonchev–Trinajstić information content (AvgIpc) is 2.87. The van der Waals surface area contributed by atoms with Gasteiger partial charge in [-0.2, -0.15) is 0 Å². The lowest BCUT2D eigenvalue weighted by atomic mass is 10.1. The fourth-order valence-electron chi connectivity index (χ4n) is 2.20. The Labute approximate surface area is 111 Å². The summed E-state index contributed by atoms with van der Waals surface area (Å²) in [5.74, 6) is -0.837. The summed E-state index contributed by atoms with van der Waals surface area (Å²) in [6, 6.07) is 2.85.